The molecule has 1 saturated heterocycles. The molecule has 3 aromatic rings. The zero-order chi connectivity index (χ0) is 28.2. The fourth-order valence-electron chi connectivity index (χ4n) is 4.50. The number of unbranched alkanes of at least 4 members (excludes halogenated alkanes) is 3. The monoisotopic (exact) mass is 564 g/mol. The first kappa shape index (κ1) is 29.7. The topological polar surface area (TPSA) is 118 Å². The Hall–Kier alpha value is -3.24. The van der Waals surface area contributed by atoms with Crippen LogP contribution >= 0.6 is 11.8 Å². The van der Waals surface area contributed by atoms with Gasteiger partial charge >= 0.3 is 5.97 Å². The van der Waals surface area contributed by atoms with Crippen LogP contribution in [0, 0.1) is 0 Å². The second kappa shape index (κ2) is 15.5. The summed E-state index contributed by atoms with van der Waals surface area (Å²) in [7, 11) is 0. The average Bonchev–Trinajstić information content (AvgIpc) is 2.98. The smallest absolute Gasteiger partial charge is 0.303 e. The van der Waals surface area contributed by atoms with Gasteiger partial charge in [0, 0.05) is 42.5 Å². The highest BCUT2D eigenvalue weighted by Crippen LogP contribution is 2.39. The van der Waals surface area contributed by atoms with Crippen molar-refractivity contribution >= 4 is 29.3 Å². The van der Waals surface area contributed by atoms with Crippen molar-refractivity contribution in [2.75, 3.05) is 11.1 Å². The summed E-state index contributed by atoms with van der Waals surface area (Å²) in [4.78, 5) is 27.3. The minimum atomic E-state index is -0.781. The maximum absolute atomic E-state index is 12.3. The molecule has 0 unspecified atom stereocenters. The van der Waals surface area contributed by atoms with Gasteiger partial charge in [-0.1, -0.05) is 55.3 Å². The molecule has 9 heteroatoms. The highest BCUT2D eigenvalue weighted by atomic mass is 32.2. The van der Waals surface area contributed by atoms with Crippen LogP contribution in [-0.2, 0) is 25.7 Å². The second-order valence-corrected chi connectivity index (χ2v) is 10.8. The Morgan fingerprint density at radius 1 is 0.900 bits per heavy atom. The van der Waals surface area contributed by atoms with Crippen LogP contribution in [0.2, 0.25) is 0 Å². The minimum Gasteiger partial charge on any atom is -0.481 e. The van der Waals surface area contributed by atoms with E-state index in [1.807, 2.05) is 66.7 Å². The highest BCUT2D eigenvalue weighted by molar-refractivity contribution is 7.99. The third-order valence-corrected chi connectivity index (χ3v) is 7.76. The molecule has 3 N–H and O–H groups in total. The fraction of sp³-hybridized carbons (Fsp3) is 0.387. The molecule has 1 fully saturated rings. The number of aliphatic carboxylic acids is 1. The van der Waals surface area contributed by atoms with Gasteiger partial charge in [0.1, 0.15) is 0 Å². The van der Waals surface area contributed by atoms with Crippen LogP contribution in [0.1, 0.15) is 74.0 Å². The number of carboxylic acid groups (broad SMARTS) is 1. The molecule has 3 atom stereocenters. The SMILES string of the molecule is O=C(O)CCCCCCC(=O)Nc1ccc([C@@H]2O[C@H](CSc3ccccn3)C[C@H](c3ccc(CO)cc3)O2)cc1. The number of rotatable bonds is 14. The zero-order valence-corrected chi connectivity index (χ0v) is 23.2. The summed E-state index contributed by atoms with van der Waals surface area (Å²) >= 11 is 1.65. The van der Waals surface area contributed by atoms with E-state index in [0.717, 1.165) is 46.7 Å². The maximum Gasteiger partial charge on any atom is 0.303 e. The van der Waals surface area contributed by atoms with Gasteiger partial charge in [-0.3, -0.25) is 9.59 Å². The lowest BCUT2D eigenvalue weighted by atomic mass is 10.0. The van der Waals surface area contributed by atoms with Crippen molar-refractivity contribution in [3.05, 3.63) is 89.6 Å². The minimum absolute atomic E-state index is 0.00341. The van der Waals surface area contributed by atoms with Crippen LogP contribution in [-0.4, -0.2) is 38.9 Å². The Morgan fingerprint density at radius 3 is 2.30 bits per heavy atom. The summed E-state index contributed by atoms with van der Waals surface area (Å²) < 4.78 is 12.8. The molecule has 0 aliphatic carbocycles. The molecule has 2 heterocycles. The standard InChI is InChI=1S/C31H36N2O6S/c34-20-22-10-12-23(13-11-22)27-19-26(21-40-29-8-5-6-18-32-29)38-31(39-27)24-14-16-25(17-15-24)33-28(35)7-3-1-2-4-9-30(36)37/h5-6,8,10-18,26-27,31,34H,1-4,7,9,19-21H2,(H,33,35)(H,36,37)/t26-,27+,31+/m0/s1. The van der Waals surface area contributed by atoms with E-state index in [4.69, 9.17) is 14.6 Å². The molecule has 1 aliphatic heterocycles. The molecule has 0 spiro atoms. The first-order valence-corrected chi connectivity index (χ1v) is 14.6. The van der Waals surface area contributed by atoms with Crippen LogP contribution in [0.25, 0.3) is 0 Å². The molecule has 40 heavy (non-hydrogen) atoms. The van der Waals surface area contributed by atoms with Gasteiger partial charge in [-0.05, 0) is 48.2 Å². The molecule has 1 amide bonds. The molecule has 0 bridgehead atoms. The van der Waals surface area contributed by atoms with Gasteiger partial charge in [-0.25, -0.2) is 4.98 Å². The van der Waals surface area contributed by atoms with Crippen molar-refractivity contribution in [2.24, 2.45) is 0 Å². The third-order valence-electron chi connectivity index (χ3n) is 6.68. The van der Waals surface area contributed by atoms with Crippen molar-refractivity contribution in [3.63, 3.8) is 0 Å². The summed E-state index contributed by atoms with van der Waals surface area (Å²) in [5.74, 6) is -0.113. The Morgan fingerprint density at radius 2 is 1.62 bits per heavy atom. The molecule has 1 aliphatic rings. The van der Waals surface area contributed by atoms with Crippen LogP contribution in [0.3, 0.4) is 0 Å². The number of pyridine rings is 1. The Balaban J connectivity index is 1.35. The number of nitrogens with one attached hydrogen (secondary N) is 1. The molecular formula is C31H36N2O6S. The largest absolute Gasteiger partial charge is 0.481 e. The van der Waals surface area contributed by atoms with Crippen LogP contribution in [0.4, 0.5) is 5.69 Å². The normalized spacial score (nSPS) is 18.8. The second-order valence-electron chi connectivity index (χ2n) is 9.81. The van der Waals surface area contributed by atoms with Crippen molar-refractivity contribution in [1.29, 1.82) is 0 Å². The third kappa shape index (κ3) is 9.45. The molecule has 212 valence electrons. The van der Waals surface area contributed by atoms with E-state index in [1.165, 1.54) is 0 Å². The quantitative estimate of drug-likeness (QED) is 0.155. The number of carbonyl (C=O) groups excluding carboxylic acids is 1. The number of anilines is 1. The number of hydrogen-bond donors (Lipinski definition) is 3. The number of carbonyl (C=O) groups is 2. The molecule has 1 aromatic heterocycles. The number of aliphatic hydroxyl groups excluding tert-OH is 1. The first-order chi connectivity index (χ1) is 19.5. The van der Waals surface area contributed by atoms with Crippen molar-refractivity contribution in [1.82, 2.24) is 4.98 Å². The lowest BCUT2D eigenvalue weighted by molar-refractivity contribution is -0.245. The number of nitrogens with zero attached hydrogens (tertiary/aromatic N) is 1. The zero-order valence-electron chi connectivity index (χ0n) is 22.4. The summed E-state index contributed by atoms with van der Waals surface area (Å²) in [5, 5.41) is 22.0. The summed E-state index contributed by atoms with van der Waals surface area (Å²) in [5.41, 5.74) is 3.45. The van der Waals surface area contributed by atoms with E-state index < -0.39 is 12.3 Å². The molecule has 4 rings (SSSR count). The van der Waals surface area contributed by atoms with E-state index in [-0.39, 0.29) is 31.1 Å². The molecular weight excluding hydrogens is 528 g/mol. The van der Waals surface area contributed by atoms with E-state index in [1.54, 1.807) is 18.0 Å². The number of aromatic nitrogens is 1. The molecule has 2 aromatic carbocycles. The highest BCUT2D eigenvalue weighted by Gasteiger charge is 2.32. The van der Waals surface area contributed by atoms with Crippen LogP contribution in [0.15, 0.2) is 78.0 Å². The predicted molar refractivity (Wildman–Crippen MR) is 154 cm³/mol. The summed E-state index contributed by atoms with van der Waals surface area (Å²) in [6, 6.07) is 21.2. The van der Waals surface area contributed by atoms with E-state index in [0.29, 0.717) is 24.9 Å². The number of thioether (sulfide) groups is 1. The average molecular weight is 565 g/mol. The van der Waals surface area contributed by atoms with Crippen molar-refractivity contribution in [2.45, 2.75) is 75.1 Å². The van der Waals surface area contributed by atoms with Crippen LogP contribution < -0.4 is 5.32 Å². The van der Waals surface area contributed by atoms with Gasteiger partial charge in [0.25, 0.3) is 0 Å². The van der Waals surface area contributed by atoms with Gasteiger partial charge in [0.2, 0.25) is 5.91 Å². The van der Waals surface area contributed by atoms with Gasteiger partial charge in [-0.2, -0.15) is 0 Å². The number of hydrogen-bond acceptors (Lipinski definition) is 7. The van der Waals surface area contributed by atoms with E-state index in [9.17, 15) is 14.7 Å². The number of aliphatic hydroxyl groups is 1. The summed E-state index contributed by atoms with van der Waals surface area (Å²) in [6.07, 6.45) is 5.25. The maximum atomic E-state index is 12.3. The number of carboxylic acids is 1. The molecule has 0 radical (unpaired) electrons. The number of amides is 1. The van der Waals surface area contributed by atoms with Gasteiger partial charge in [0.15, 0.2) is 6.29 Å². The first-order valence-electron chi connectivity index (χ1n) is 13.7. The van der Waals surface area contributed by atoms with Gasteiger partial charge < -0.3 is 25.0 Å². The lowest BCUT2D eigenvalue weighted by Gasteiger charge is -2.36. The molecule has 0 saturated carbocycles. The lowest BCUT2D eigenvalue weighted by Crippen LogP contribution is -2.31. The Bertz CT molecular complexity index is 1210. The van der Waals surface area contributed by atoms with Gasteiger partial charge in [0.05, 0.1) is 23.8 Å². The fourth-order valence-corrected chi connectivity index (χ4v) is 5.38. The predicted octanol–water partition coefficient (Wildman–Crippen LogP) is 6.28. The van der Waals surface area contributed by atoms with Gasteiger partial charge in [-0.15, -0.1) is 11.8 Å². The van der Waals surface area contributed by atoms with E-state index in [2.05, 4.69) is 10.3 Å². The number of benzene rings is 2. The van der Waals surface area contributed by atoms with Crippen LogP contribution in [0.5, 0.6) is 0 Å². The van der Waals surface area contributed by atoms with Crippen molar-refractivity contribution in [3.8, 4) is 0 Å². The van der Waals surface area contributed by atoms with Crippen molar-refractivity contribution < 1.29 is 29.3 Å². The Kier molecular flexibility index (Phi) is 11.5. The Labute approximate surface area is 239 Å². The molecule has 8 nitrogen and oxygen atoms in total. The van der Waals surface area contributed by atoms with E-state index >= 15 is 0 Å². The number of ether oxygens (including phenoxy) is 2. The summed E-state index contributed by atoms with van der Waals surface area (Å²) in [6.45, 7) is -0.00341.